The summed E-state index contributed by atoms with van der Waals surface area (Å²) in [5.74, 6) is 0. The number of nitrogens with zero attached hydrogens (tertiary/aromatic N) is 1. The van der Waals surface area contributed by atoms with E-state index in [9.17, 15) is 0 Å². The smallest absolute Gasteiger partial charge is 0.177 e. The van der Waals surface area contributed by atoms with Gasteiger partial charge in [0.25, 0.3) is 0 Å². The highest BCUT2D eigenvalue weighted by Crippen LogP contribution is 2.20. The normalized spacial score (nSPS) is 34.1. The zero-order valence-corrected chi connectivity index (χ0v) is 13.5. The highest BCUT2D eigenvalue weighted by Gasteiger charge is 2.26. The van der Waals surface area contributed by atoms with Crippen LogP contribution < -0.4 is 5.48 Å². The van der Waals surface area contributed by atoms with Crippen LogP contribution in [0.5, 0.6) is 0 Å². The van der Waals surface area contributed by atoms with E-state index in [1.54, 1.807) is 0 Å². The molecule has 3 atom stereocenters. The summed E-state index contributed by atoms with van der Waals surface area (Å²) in [5.41, 5.74) is 3.05. The molecular formula is C16H30N2O4. The first kappa shape index (κ1) is 16.6. The third-order valence-corrected chi connectivity index (χ3v) is 4.59. The number of hydrogen-bond acceptors (Lipinski definition) is 6. The topological polar surface area (TPSA) is 52.2 Å². The molecule has 128 valence electrons. The molecule has 6 nitrogen and oxygen atoms in total. The summed E-state index contributed by atoms with van der Waals surface area (Å²) >= 11 is 0. The van der Waals surface area contributed by atoms with Gasteiger partial charge in [-0.1, -0.05) is 0 Å². The zero-order chi connectivity index (χ0) is 15.0. The maximum Gasteiger partial charge on any atom is 0.177 e. The predicted molar refractivity (Wildman–Crippen MR) is 82.2 cm³/mol. The van der Waals surface area contributed by atoms with Crippen molar-refractivity contribution in [2.45, 2.75) is 63.6 Å². The summed E-state index contributed by atoms with van der Waals surface area (Å²) < 4.78 is 17.2. The molecule has 3 heterocycles. The van der Waals surface area contributed by atoms with Gasteiger partial charge in [-0.05, 0) is 38.5 Å². The lowest BCUT2D eigenvalue weighted by Gasteiger charge is -2.26. The van der Waals surface area contributed by atoms with Crippen LogP contribution in [-0.2, 0) is 19.0 Å². The van der Waals surface area contributed by atoms with Gasteiger partial charge in [-0.25, -0.2) is 0 Å². The molecule has 0 aromatic carbocycles. The number of rotatable bonds is 7. The molecule has 3 fully saturated rings. The van der Waals surface area contributed by atoms with Crippen LogP contribution in [0, 0.1) is 0 Å². The SMILES string of the molecule is C1CCC(ONCCN2CC[C@H](OC3CCCCO3)C2)OC1. The fraction of sp³-hybridized carbons (Fsp3) is 1.00. The van der Waals surface area contributed by atoms with Gasteiger partial charge in [0.15, 0.2) is 12.6 Å². The summed E-state index contributed by atoms with van der Waals surface area (Å²) in [5, 5.41) is 0. The van der Waals surface area contributed by atoms with Crippen molar-refractivity contribution >= 4 is 0 Å². The van der Waals surface area contributed by atoms with Gasteiger partial charge in [0.1, 0.15) is 0 Å². The van der Waals surface area contributed by atoms with Crippen molar-refractivity contribution in [2.24, 2.45) is 0 Å². The molecule has 0 radical (unpaired) electrons. The molecule has 22 heavy (non-hydrogen) atoms. The number of ether oxygens (including phenoxy) is 3. The van der Waals surface area contributed by atoms with Crippen molar-refractivity contribution < 1.29 is 19.0 Å². The molecule has 3 aliphatic heterocycles. The number of hydrogen-bond donors (Lipinski definition) is 1. The van der Waals surface area contributed by atoms with Crippen molar-refractivity contribution in [1.82, 2.24) is 10.4 Å². The van der Waals surface area contributed by atoms with Crippen LogP contribution in [0.4, 0.5) is 0 Å². The Morgan fingerprint density at radius 1 is 0.955 bits per heavy atom. The minimum Gasteiger partial charge on any atom is -0.353 e. The first-order chi connectivity index (χ1) is 10.9. The van der Waals surface area contributed by atoms with Gasteiger partial charge in [-0.3, -0.25) is 9.74 Å². The molecule has 3 saturated heterocycles. The maximum absolute atomic E-state index is 6.05. The van der Waals surface area contributed by atoms with Gasteiger partial charge in [0.05, 0.1) is 6.10 Å². The van der Waals surface area contributed by atoms with Gasteiger partial charge in [-0.2, -0.15) is 5.48 Å². The molecule has 3 aliphatic rings. The molecule has 3 rings (SSSR count). The first-order valence-corrected chi connectivity index (χ1v) is 8.90. The summed E-state index contributed by atoms with van der Waals surface area (Å²) in [6.45, 7) is 5.58. The molecule has 0 aromatic rings. The van der Waals surface area contributed by atoms with E-state index in [0.29, 0.717) is 6.10 Å². The van der Waals surface area contributed by atoms with Gasteiger partial charge in [-0.15, -0.1) is 0 Å². The lowest BCUT2D eigenvalue weighted by Crippen LogP contribution is -2.36. The minimum absolute atomic E-state index is 0.0311. The van der Waals surface area contributed by atoms with Crippen LogP contribution >= 0.6 is 0 Å². The second-order valence-corrected chi connectivity index (χ2v) is 6.45. The molecule has 1 N–H and O–H groups in total. The van der Waals surface area contributed by atoms with E-state index in [4.69, 9.17) is 19.0 Å². The van der Waals surface area contributed by atoms with Gasteiger partial charge in [0, 0.05) is 45.8 Å². The average Bonchev–Trinajstić information content (AvgIpc) is 3.01. The highest BCUT2D eigenvalue weighted by atomic mass is 16.8. The van der Waals surface area contributed by atoms with E-state index >= 15 is 0 Å². The standard InChI is InChI=1S/C16H30N2O4/c1-3-11-19-15(5-1)21-14-7-9-18(13-14)10-8-17-22-16-6-2-4-12-20-16/h14-17H,1-13H2/t14-,15?,16?/m0/s1. The van der Waals surface area contributed by atoms with E-state index in [0.717, 1.165) is 65.1 Å². The summed E-state index contributed by atoms with van der Waals surface area (Å²) in [4.78, 5) is 7.96. The van der Waals surface area contributed by atoms with Crippen molar-refractivity contribution in [2.75, 3.05) is 39.4 Å². The lowest BCUT2D eigenvalue weighted by molar-refractivity contribution is -0.197. The van der Waals surface area contributed by atoms with Crippen LogP contribution in [0.2, 0.25) is 0 Å². The second kappa shape index (κ2) is 9.15. The van der Waals surface area contributed by atoms with Crippen LogP contribution in [-0.4, -0.2) is 63.0 Å². The monoisotopic (exact) mass is 314 g/mol. The fourth-order valence-electron chi connectivity index (χ4n) is 3.30. The van der Waals surface area contributed by atoms with Crippen LogP contribution in [0.15, 0.2) is 0 Å². The van der Waals surface area contributed by atoms with E-state index in [-0.39, 0.29) is 12.6 Å². The molecule has 0 saturated carbocycles. The fourth-order valence-corrected chi connectivity index (χ4v) is 3.30. The Bertz CT molecular complexity index is 307. The van der Waals surface area contributed by atoms with Crippen molar-refractivity contribution in [3.63, 3.8) is 0 Å². The predicted octanol–water partition coefficient (Wildman–Crippen LogP) is 1.65. The summed E-state index contributed by atoms with van der Waals surface area (Å²) in [6, 6.07) is 0. The first-order valence-electron chi connectivity index (χ1n) is 8.90. The third kappa shape index (κ3) is 5.44. The molecule has 6 heteroatoms. The average molecular weight is 314 g/mol. The van der Waals surface area contributed by atoms with E-state index in [1.165, 1.54) is 19.3 Å². The molecule has 2 unspecified atom stereocenters. The zero-order valence-electron chi connectivity index (χ0n) is 13.5. The number of hydroxylamine groups is 1. The van der Waals surface area contributed by atoms with Crippen LogP contribution in [0.25, 0.3) is 0 Å². The van der Waals surface area contributed by atoms with E-state index in [1.807, 2.05) is 0 Å². The summed E-state index contributed by atoms with van der Waals surface area (Å²) in [7, 11) is 0. The molecule has 0 aliphatic carbocycles. The van der Waals surface area contributed by atoms with E-state index < -0.39 is 0 Å². The van der Waals surface area contributed by atoms with Gasteiger partial charge >= 0.3 is 0 Å². The molecule has 0 amide bonds. The van der Waals surface area contributed by atoms with Gasteiger partial charge < -0.3 is 14.2 Å². The van der Waals surface area contributed by atoms with Crippen molar-refractivity contribution in [1.29, 1.82) is 0 Å². The van der Waals surface area contributed by atoms with Crippen LogP contribution in [0.3, 0.4) is 0 Å². The van der Waals surface area contributed by atoms with Crippen molar-refractivity contribution in [3.05, 3.63) is 0 Å². The minimum atomic E-state index is -0.0631. The highest BCUT2D eigenvalue weighted by molar-refractivity contribution is 4.77. The molecular weight excluding hydrogens is 284 g/mol. The van der Waals surface area contributed by atoms with Gasteiger partial charge in [0.2, 0.25) is 0 Å². The largest absolute Gasteiger partial charge is 0.353 e. The Hall–Kier alpha value is -0.240. The van der Waals surface area contributed by atoms with Crippen LogP contribution in [0.1, 0.15) is 44.9 Å². The maximum atomic E-state index is 6.05. The summed E-state index contributed by atoms with van der Waals surface area (Å²) in [6.07, 6.45) is 8.19. The molecule has 0 spiro atoms. The quantitative estimate of drug-likeness (QED) is 0.570. The van der Waals surface area contributed by atoms with Crippen molar-refractivity contribution in [3.8, 4) is 0 Å². The number of likely N-dealkylation sites (tertiary alicyclic amines) is 1. The Morgan fingerprint density at radius 2 is 1.73 bits per heavy atom. The Balaban J connectivity index is 1.23. The molecule has 0 bridgehead atoms. The molecule has 0 aromatic heterocycles. The lowest BCUT2D eigenvalue weighted by atomic mass is 10.2. The second-order valence-electron chi connectivity index (χ2n) is 6.45. The third-order valence-electron chi connectivity index (χ3n) is 4.59. The number of nitrogens with one attached hydrogen (secondary N) is 1. The van der Waals surface area contributed by atoms with E-state index in [2.05, 4.69) is 10.4 Å². The Labute approximate surface area is 133 Å². The Morgan fingerprint density at radius 3 is 2.45 bits per heavy atom. The Kier molecular flexibility index (Phi) is 6.91.